The Labute approximate surface area is 168 Å². The number of aryl methyl sites for hydroxylation is 3. The molecule has 0 bridgehead atoms. The minimum Gasteiger partial charge on any atom is -0.452 e. The van der Waals surface area contributed by atoms with Gasteiger partial charge in [0.1, 0.15) is 0 Å². The average molecular weight is 398 g/mol. The Bertz CT molecular complexity index is 1030. The molecule has 0 aliphatic heterocycles. The van der Waals surface area contributed by atoms with Gasteiger partial charge in [-0.1, -0.05) is 17.7 Å². The maximum atomic E-state index is 12.2. The van der Waals surface area contributed by atoms with E-state index in [-0.39, 0.29) is 6.61 Å². The van der Waals surface area contributed by atoms with E-state index in [0.717, 1.165) is 22.6 Å². The fraction of sp³-hybridized carbons (Fsp3) is 0.190. The molecule has 0 aliphatic carbocycles. The van der Waals surface area contributed by atoms with Gasteiger partial charge in [0.2, 0.25) is 0 Å². The maximum absolute atomic E-state index is 12.2. The minimum absolute atomic E-state index is 0.358. The van der Waals surface area contributed by atoms with E-state index in [4.69, 9.17) is 16.3 Å². The van der Waals surface area contributed by atoms with E-state index < -0.39 is 11.9 Å². The van der Waals surface area contributed by atoms with Crippen LogP contribution in [0, 0.1) is 20.8 Å². The first-order valence-corrected chi connectivity index (χ1v) is 9.08. The molecule has 0 atom stereocenters. The van der Waals surface area contributed by atoms with E-state index in [1.807, 2.05) is 26.8 Å². The zero-order valence-corrected chi connectivity index (χ0v) is 16.6. The molecule has 0 saturated carbocycles. The van der Waals surface area contributed by atoms with Gasteiger partial charge in [-0.25, -0.2) is 9.48 Å². The second-order valence-corrected chi connectivity index (χ2v) is 6.91. The quantitative estimate of drug-likeness (QED) is 0.653. The molecule has 144 valence electrons. The lowest BCUT2D eigenvalue weighted by atomic mass is 10.2. The van der Waals surface area contributed by atoms with Gasteiger partial charge >= 0.3 is 5.97 Å². The zero-order valence-electron chi connectivity index (χ0n) is 15.8. The van der Waals surface area contributed by atoms with Gasteiger partial charge in [0.05, 0.1) is 16.9 Å². The van der Waals surface area contributed by atoms with Gasteiger partial charge in [0.25, 0.3) is 5.91 Å². The van der Waals surface area contributed by atoms with E-state index in [0.29, 0.717) is 16.3 Å². The number of ether oxygens (including phenoxy) is 1. The molecule has 0 fully saturated rings. The van der Waals surface area contributed by atoms with Gasteiger partial charge in [-0.15, -0.1) is 0 Å². The standard InChI is InChI=1S/C21H20ClN3O3/c1-13-4-7-17(22)11-19(13)23-20(26)12-28-21(27)16-5-8-18(9-6-16)25-15(3)10-14(2)24-25/h4-11H,12H2,1-3H3,(H,23,26). The second-order valence-electron chi connectivity index (χ2n) is 6.47. The molecule has 0 spiro atoms. The average Bonchev–Trinajstić information content (AvgIpc) is 3.01. The Morgan fingerprint density at radius 2 is 1.79 bits per heavy atom. The van der Waals surface area contributed by atoms with Crippen LogP contribution in [0.25, 0.3) is 5.69 Å². The molecule has 0 radical (unpaired) electrons. The summed E-state index contributed by atoms with van der Waals surface area (Å²) in [5.74, 6) is -1.00. The minimum atomic E-state index is -0.571. The van der Waals surface area contributed by atoms with Crippen LogP contribution in [0.3, 0.4) is 0 Å². The molecule has 0 aliphatic rings. The molecule has 3 rings (SSSR count). The lowest BCUT2D eigenvalue weighted by Gasteiger charge is -2.10. The van der Waals surface area contributed by atoms with Crippen molar-refractivity contribution in [3.8, 4) is 5.69 Å². The van der Waals surface area contributed by atoms with Crippen LogP contribution in [0.1, 0.15) is 27.3 Å². The third-order valence-corrected chi connectivity index (χ3v) is 4.40. The number of anilines is 1. The summed E-state index contributed by atoms with van der Waals surface area (Å²) in [4.78, 5) is 24.2. The third kappa shape index (κ3) is 4.58. The van der Waals surface area contributed by atoms with E-state index >= 15 is 0 Å². The topological polar surface area (TPSA) is 73.2 Å². The Kier molecular flexibility index (Phi) is 5.80. The second kappa shape index (κ2) is 8.27. The van der Waals surface area contributed by atoms with Gasteiger partial charge in [-0.05, 0) is 68.8 Å². The Hall–Kier alpha value is -3.12. The maximum Gasteiger partial charge on any atom is 0.338 e. The van der Waals surface area contributed by atoms with Gasteiger partial charge < -0.3 is 10.1 Å². The van der Waals surface area contributed by atoms with Crippen molar-refractivity contribution >= 4 is 29.2 Å². The molecule has 0 saturated heterocycles. The fourth-order valence-corrected chi connectivity index (χ4v) is 2.93. The first kappa shape index (κ1) is 19.6. The van der Waals surface area contributed by atoms with Gasteiger partial charge in [0.15, 0.2) is 6.61 Å². The number of hydrogen-bond acceptors (Lipinski definition) is 4. The molecular formula is C21H20ClN3O3. The number of carbonyl (C=O) groups is 2. The third-order valence-electron chi connectivity index (χ3n) is 4.17. The Morgan fingerprint density at radius 1 is 1.07 bits per heavy atom. The summed E-state index contributed by atoms with van der Waals surface area (Å²) in [7, 11) is 0. The van der Waals surface area contributed by atoms with E-state index in [9.17, 15) is 9.59 Å². The van der Waals surface area contributed by atoms with E-state index in [1.165, 1.54) is 0 Å². The Morgan fingerprint density at radius 3 is 2.43 bits per heavy atom. The summed E-state index contributed by atoms with van der Waals surface area (Å²) < 4.78 is 6.90. The number of nitrogens with zero attached hydrogens (tertiary/aromatic N) is 2. The molecule has 3 aromatic rings. The lowest BCUT2D eigenvalue weighted by Crippen LogP contribution is -2.21. The molecule has 1 N–H and O–H groups in total. The van der Waals surface area contributed by atoms with Crippen LogP contribution in [0.5, 0.6) is 0 Å². The van der Waals surface area contributed by atoms with Crippen molar-refractivity contribution in [2.75, 3.05) is 11.9 Å². The number of esters is 1. The SMILES string of the molecule is Cc1cc(C)n(-c2ccc(C(=O)OCC(=O)Nc3cc(Cl)ccc3C)cc2)n1. The number of aromatic nitrogens is 2. The first-order chi connectivity index (χ1) is 13.3. The van der Waals surface area contributed by atoms with Crippen molar-refractivity contribution in [2.24, 2.45) is 0 Å². The highest BCUT2D eigenvalue weighted by Gasteiger charge is 2.12. The molecule has 1 heterocycles. The molecule has 2 aromatic carbocycles. The van der Waals surface area contributed by atoms with Crippen LogP contribution in [0.4, 0.5) is 5.69 Å². The summed E-state index contributed by atoms with van der Waals surface area (Å²) in [6.07, 6.45) is 0. The van der Waals surface area contributed by atoms with Crippen molar-refractivity contribution in [1.29, 1.82) is 0 Å². The predicted octanol–water partition coefficient (Wildman–Crippen LogP) is 4.25. The van der Waals surface area contributed by atoms with Crippen molar-refractivity contribution in [3.63, 3.8) is 0 Å². The number of carbonyl (C=O) groups excluding carboxylic acids is 2. The molecule has 0 unspecified atom stereocenters. The monoisotopic (exact) mass is 397 g/mol. The highest BCUT2D eigenvalue weighted by atomic mass is 35.5. The normalized spacial score (nSPS) is 10.6. The van der Waals surface area contributed by atoms with Crippen molar-refractivity contribution in [2.45, 2.75) is 20.8 Å². The lowest BCUT2D eigenvalue weighted by molar-refractivity contribution is -0.119. The predicted molar refractivity (Wildman–Crippen MR) is 108 cm³/mol. The summed E-state index contributed by atoms with van der Waals surface area (Å²) in [6.45, 7) is 5.35. The van der Waals surface area contributed by atoms with Crippen molar-refractivity contribution in [1.82, 2.24) is 9.78 Å². The number of halogens is 1. The first-order valence-electron chi connectivity index (χ1n) is 8.70. The smallest absolute Gasteiger partial charge is 0.338 e. The van der Waals surface area contributed by atoms with Crippen LogP contribution < -0.4 is 5.32 Å². The molecule has 6 nitrogen and oxygen atoms in total. The summed E-state index contributed by atoms with van der Waals surface area (Å²) >= 11 is 5.93. The number of hydrogen-bond donors (Lipinski definition) is 1. The van der Waals surface area contributed by atoms with Crippen LogP contribution >= 0.6 is 11.6 Å². The highest BCUT2D eigenvalue weighted by molar-refractivity contribution is 6.31. The summed E-state index contributed by atoms with van der Waals surface area (Å²) in [5, 5.41) is 7.61. The number of rotatable bonds is 5. The van der Waals surface area contributed by atoms with Crippen LogP contribution in [-0.2, 0) is 9.53 Å². The van der Waals surface area contributed by atoms with Crippen LogP contribution in [0.2, 0.25) is 5.02 Å². The Balaban J connectivity index is 1.59. The molecule has 1 aromatic heterocycles. The summed E-state index contributed by atoms with van der Waals surface area (Å²) in [5.41, 5.74) is 4.57. The molecular weight excluding hydrogens is 378 g/mol. The van der Waals surface area contributed by atoms with Crippen molar-refractivity contribution < 1.29 is 14.3 Å². The van der Waals surface area contributed by atoms with Crippen LogP contribution in [-0.4, -0.2) is 28.3 Å². The van der Waals surface area contributed by atoms with Crippen LogP contribution in [0.15, 0.2) is 48.5 Å². The molecule has 7 heteroatoms. The van der Waals surface area contributed by atoms with Gasteiger partial charge in [-0.3, -0.25) is 4.79 Å². The number of nitrogens with one attached hydrogen (secondary N) is 1. The van der Waals surface area contributed by atoms with E-state index in [2.05, 4.69) is 10.4 Å². The van der Waals surface area contributed by atoms with Crippen molar-refractivity contribution in [3.05, 3.63) is 76.1 Å². The largest absolute Gasteiger partial charge is 0.452 e. The fourth-order valence-electron chi connectivity index (χ4n) is 2.76. The zero-order chi connectivity index (χ0) is 20.3. The number of benzene rings is 2. The van der Waals surface area contributed by atoms with E-state index in [1.54, 1.807) is 47.1 Å². The molecule has 1 amide bonds. The highest BCUT2D eigenvalue weighted by Crippen LogP contribution is 2.20. The summed E-state index contributed by atoms with van der Waals surface area (Å²) in [6, 6.07) is 14.0. The van der Waals surface area contributed by atoms with Gasteiger partial charge in [-0.2, -0.15) is 5.10 Å². The van der Waals surface area contributed by atoms with Gasteiger partial charge in [0, 0.05) is 16.4 Å². The molecule has 28 heavy (non-hydrogen) atoms. The number of amides is 1.